The van der Waals surface area contributed by atoms with Crippen molar-refractivity contribution in [3.8, 4) is 11.5 Å². The third-order valence-corrected chi connectivity index (χ3v) is 5.36. The summed E-state index contributed by atoms with van der Waals surface area (Å²) in [7, 11) is 0. The molecule has 1 N–H and O–H groups in total. The quantitative estimate of drug-likeness (QED) is 0.549. The Hall–Kier alpha value is -3.75. The molecule has 0 saturated carbocycles. The van der Waals surface area contributed by atoms with Crippen LogP contribution in [0.3, 0.4) is 0 Å². The molecular weight excluding hydrogens is 436 g/mol. The lowest BCUT2D eigenvalue weighted by molar-refractivity contribution is 0.0239. The zero-order valence-electron chi connectivity index (χ0n) is 20.0. The van der Waals surface area contributed by atoms with Crippen molar-refractivity contribution >= 4 is 28.8 Å². The first kappa shape index (κ1) is 23.4. The molecule has 34 heavy (non-hydrogen) atoms. The molecule has 1 aliphatic heterocycles. The predicted molar refractivity (Wildman–Crippen MR) is 129 cm³/mol. The highest BCUT2D eigenvalue weighted by Crippen LogP contribution is 2.34. The van der Waals surface area contributed by atoms with Gasteiger partial charge in [-0.25, -0.2) is 14.6 Å². The molecule has 0 radical (unpaired) electrons. The molecule has 0 bridgehead atoms. The third kappa shape index (κ3) is 5.24. The van der Waals surface area contributed by atoms with Crippen LogP contribution in [0.25, 0.3) is 11.0 Å². The minimum absolute atomic E-state index is 0.246. The lowest BCUT2D eigenvalue weighted by Crippen LogP contribution is -2.50. The average Bonchev–Trinajstić information content (AvgIpc) is 3.26. The number of carbonyl (C=O) groups is 2. The van der Waals surface area contributed by atoms with Crippen molar-refractivity contribution < 1.29 is 23.8 Å². The first-order chi connectivity index (χ1) is 16.2. The van der Waals surface area contributed by atoms with Crippen LogP contribution in [0.15, 0.2) is 42.7 Å². The van der Waals surface area contributed by atoms with Gasteiger partial charge >= 0.3 is 12.1 Å². The molecule has 0 unspecified atom stereocenters. The number of fused-ring (bicyclic) bond motifs is 1. The van der Waals surface area contributed by atoms with Crippen LogP contribution in [0.5, 0.6) is 11.5 Å². The smallest absolute Gasteiger partial charge is 0.410 e. The van der Waals surface area contributed by atoms with E-state index in [4.69, 9.17) is 14.2 Å². The first-order valence-corrected chi connectivity index (χ1v) is 11.4. The van der Waals surface area contributed by atoms with Gasteiger partial charge in [0.1, 0.15) is 28.3 Å². The van der Waals surface area contributed by atoms with E-state index in [1.54, 1.807) is 24.1 Å². The Morgan fingerprint density at radius 1 is 1.12 bits per heavy atom. The van der Waals surface area contributed by atoms with Crippen molar-refractivity contribution in [3.05, 3.63) is 48.3 Å². The number of esters is 1. The molecule has 2 aromatic heterocycles. The maximum Gasteiger partial charge on any atom is 0.410 e. The number of H-pyrrole nitrogens is 1. The molecule has 9 heteroatoms. The molecule has 3 heterocycles. The number of nitrogens with zero attached hydrogens (tertiary/aromatic N) is 3. The molecule has 180 valence electrons. The Morgan fingerprint density at radius 3 is 2.59 bits per heavy atom. The van der Waals surface area contributed by atoms with Crippen LogP contribution in [0, 0.1) is 0 Å². The Balaban J connectivity index is 1.57. The van der Waals surface area contributed by atoms with Crippen LogP contribution in [-0.2, 0) is 9.47 Å². The number of aromatic amines is 1. The maximum atomic E-state index is 13.0. The molecule has 4 rings (SSSR count). The SMILES string of the molecule is CCOC(=O)c1c(Oc2cnc3[nH]ccc3c2)cccc1N1CCN(C(=O)OC(C)(C)C)CC1. The van der Waals surface area contributed by atoms with Crippen LogP contribution in [0.2, 0.25) is 0 Å². The van der Waals surface area contributed by atoms with E-state index >= 15 is 0 Å². The van der Waals surface area contributed by atoms with E-state index in [9.17, 15) is 9.59 Å². The standard InChI is InChI=1S/C25H30N4O5/c1-5-32-23(30)21-19(28-11-13-29(14-12-28)24(31)34-25(2,3)4)7-6-8-20(21)33-18-15-17-9-10-26-22(17)27-16-18/h6-10,15-16H,5,11-14H2,1-4H3,(H,26,27). The second kappa shape index (κ2) is 9.62. The lowest BCUT2D eigenvalue weighted by atomic mass is 10.1. The summed E-state index contributed by atoms with van der Waals surface area (Å²) in [6.45, 7) is 9.62. The summed E-state index contributed by atoms with van der Waals surface area (Å²) < 4.78 is 17.0. The Labute approximate surface area is 198 Å². The highest BCUT2D eigenvalue weighted by Gasteiger charge is 2.29. The largest absolute Gasteiger partial charge is 0.462 e. The molecular formula is C25H30N4O5. The van der Waals surface area contributed by atoms with E-state index in [-0.39, 0.29) is 12.7 Å². The van der Waals surface area contributed by atoms with E-state index in [0.717, 1.165) is 11.0 Å². The number of hydrogen-bond donors (Lipinski definition) is 1. The van der Waals surface area contributed by atoms with Crippen molar-refractivity contribution in [3.63, 3.8) is 0 Å². The van der Waals surface area contributed by atoms with Gasteiger partial charge in [-0.05, 0) is 52.0 Å². The monoisotopic (exact) mass is 466 g/mol. The fraction of sp³-hybridized carbons (Fsp3) is 0.400. The highest BCUT2D eigenvalue weighted by molar-refractivity contribution is 5.99. The number of pyridine rings is 1. The van der Waals surface area contributed by atoms with Gasteiger partial charge in [-0.2, -0.15) is 0 Å². The van der Waals surface area contributed by atoms with Crippen LogP contribution < -0.4 is 9.64 Å². The molecule has 0 atom stereocenters. The average molecular weight is 467 g/mol. The van der Waals surface area contributed by atoms with E-state index in [1.807, 2.05) is 51.2 Å². The molecule has 1 aliphatic rings. The van der Waals surface area contributed by atoms with Crippen molar-refractivity contribution in [1.29, 1.82) is 0 Å². The fourth-order valence-corrected chi connectivity index (χ4v) is 3.84. The molecule has 1 saturated heterocycles. The Bertz CT molecular complexity index is 1180. The molecule has 3 aromatic rings. The third-order valence-electron chi connectivity index (χ3n) is 5.36. The number of ether oxygens (including phenoxy) is 3. The minimum atomic E-state index is -0.546. The zero-order chi connectivity index (χ0) is 24.3. The van der Waals surface area contributed by atoms with Crippen molar-refractivity contribution in [2.45, 2.75) is 33.3 Å². The topological polar surface area (TPSA) is 97.0 Å². The van der Waals surface area contributed by atoms with Gasteiger partial charge < -0.3 is 29.0 Å². The number of aromatic nitrogens is 2. The van der Waals surface area contributed by atoms with E-state index in [2.05, 4.69) is 14.9 Å². The molecule has 1 fully saturated rings. The number of amides is 1. The Kier molecular flexibility index (Phi) is 6.63. The van der Waals surface area contributed by atoms with E-state index in [1.165, 1.54) is 0 Å². The molecule has 1 amide bonds. The number of carbonyl (C=O) groups excluding carboxylic acids is 2. The van der Waals surface area contributed by atoms with Gasteiger partial charge in [0.2, 0.25) is 0 Å². The minimum Gasteiger partial charge on any atom is -0.462 e. The van der Waals surface area contributed by atoms with Crippen molar-refractivity contribution in [2.24, 2.45) is 0 Å². The highest BCUT2D eigenvalue weighted by atomic mass is 16.6. The number of anilines is 1. The normalized spacial score (nSPS) is 14.2. The number of nitrogens with one attached hydrogen (secondary N) is 1. The predicted octanol–water partition coefficient (Wildman–Crippen LogP) is 4.59. The van der Waals surface area contributed by atoms with Gasteiger partial charge in [0.25, 0.3) is 0 Å². The van der Waals surface area contributed by atoms with Gasteiger partial charge in [-0.3, -0.25) is 0 Å². The zero-order valence-corrected chi connectivity index (χ0v) is 20.0. The van der Waals surface area contributed by atoms with Gasteiger partial charge in [0.05, 0.1) is 18.5 Å². The summed E-state index contributed by atoms with van der Waals surface area (Å²) in [4.78, 5) is 36.6. The van der Waals surface area contributed by atoms with Crippen LogP contribution in [0.4, 0.5) is 10.5 Å². The molecule has 9 nitrogen and oxygen atoms in total. The van der Waals surface area contributed by atoms with Crippen molar-refractivity contribution in [1.82, 2.24) is 14.9 Å². The van der Waals surface area contributed by atoms with Crippen LogP contribution >= 0.6 is 0 Å². The van der Waals surface area contributed by atoms with Gasteiger partial charge in [0, 0.05) is 37.8 Å². The van der Waals surface area contributed by atoms with E-state index in [0.29, 0.717) is 48.9 Å². The summed E-state index contributed by atoms with van der Waals surface area (Å²) in [5.74, 6) is 0.449. The number of piperazine rings is 1. The lowest BCUT2D eigenvalue weighted by Gasteiger charge is -2.37. The second-order valence-corrected chi connectivity index (χ2v) is 9.01. The Morgan fingerprint density at radius 2 is 1.88 bits per heavy atom. The first-order valence-electron chi connectivity index (χ1n) is 11.4. The van der Waals surface area contributed by atoms with Gasteiger partial charge in [-0.1, -0.05) is 6.07 Å². The number of rotatable bonds is 5. The summed E-state index contributed by atoms with van der Waals surface area (Å²) in [5, 5.41) is 0.907. The van der Waals surface area contributed by atoms with Crippen molar-refractivity contribution in [2.75, 3.05) is 37.7 Å². The summed E-state index contributed by atoms with van der Waals surface area (Å²) in [5.41, 5.74) is 1.27. The summed E-state index contributed by atoms with van der Waals surface area (Å²) >= 11 is 0. The fourth-order valence-electron chi connectivity index (χ4n) is 3.84. The van der Waals surface area contributed by atoms with Gasteiger partial charge in [0.15, 0.2) is 0 Å². The molecule has 0 aliphatic carbocycles. The number of hydrogen-bond acceptors (Lipinski definition) is 7. The molecule has 0 spiro atoms. The maximum absolute atomic E-state index is 13.0. The summed E-state index contributed by atoms with van der Waals surface area (Å²) in [6, 6.07) is 9.22. The molecule has 1 aromatic carbocycles. The van der Waals surface area contributed by atoms with E-state index < -0.39 is 11.6 Å². The van der Waals surface area contributed by atoms with Gasteiger partial charge in [-0.15, -0.1) is 0 Å². The number of benzene rings is 1. The van der Waals surface area contributed by atoms with Crippen LogP contribution in [0.1, 0.15) is 38.1 Å². The summed E-state index contributed by atoms with van der Waals surface area (Å²) in [6.07, 6.45) is 3.09. The second-order valence-electron chi connectivity index (χ2n) is 9.01. The van der Waals surface area contributed by atoms with Crippen LogP contribution in [-0.4, -0.2) is 65.3 Å².